The number of hydrogen-bond acceptors (Lipinski definition) is 3. The molecule has 3 rings (SSSR count). The van der Waals surface area contributed by atoms with Crippen molar-refractivity contribution in [3.63, 3.8) is 0 Å². The molecule has 0 aromatic heterocycles. The number of rotatable bonds is 3. The lowest BCUT2D eigenvalue weighted by Crippen LogP contribution is -2.46. The van der Waals surface area contributed by atoms with Gasteiger partial charge >= 0.3 is 0 Å². The Morgan fingerprint density at radius 1 is 1.19 bits per heavy atom. The minimum absolute atomic E-state index is 0.424. The maximum absolute atomic E-state index is 6.22. The second kappa shape index (κ2) is 6.66. The van der Waals surface area contributed by atoms with Crippen molar-refractivity contribution in [3.05, 3.63) is 34.3 Å². The highest BCUT2D eigenvalue weighted by Gasteiger charge is 2.29. The lowest BCUT2D eigenvalue weighted by atomic mass is 10.0. The molecule has 0 bridgehead atoms. The Morgan fingerprint density at radius 3 is 2.67 bits per heavy atom. The van der Waals surface area contributed by atoms with Crippen molar-refractivity contribution >= 4 is 11.6 Å². The summed E-state index contributed by atoms with van der Waals surface area (Å²) in [7, 11) is 0. The summed E-state index contributed by atoms with van der Waals surface area (Å²) in [5.41, 5.74) is 8.48. The van der Waals surface area contributed by atoms with Crippen molar-refractivity contribution < 1.29 is 0 Å². The van der Waals surface area contributed by atoms with E-state index in [4.69, 9.17) is 17.3 Å². The Balaban J connectivity index is 1.53. The van der Waals surface area contributed by atoms with Crippen LogP contribution in [-0.4, -0.2) is 48.1 Å². The summed E-state index contributed by atoms with van der Waals surface area (Å²) >= 11 is 6.22. The van der Waals surface area contributed by atoms with Crippen LogP contribution in [0.4, 0.5) is 0 Å². The molecule has 21 heavy (non-hydrogen) atoms. The standard InChI is InChI=1S/C17H26ClN3/c1-13-2-3-14(10-17(13)18)11-20-7-6-16(12-20)21-8-4-15(19)5-9-21/h2-3,10,15-16H,4-9,11-12,19H2,1H3. The number of hydrogen-bond donors (Lipinski definition) is 1. The number of nitrogens with two attached hydrogens (primary N) is 1. The van der Waals surface area contributed by atoms with Crippen LogP contribution < -0.4 is 5.73 Å². The van der Waals surface area contributed by atoms with Gasteiger partial charge in [-0.2, -0.15) is 0 Å². The predicted octanol–water partition coefficient (Wildman–Crippen LogP) is 2.65. The molecular weight excluding hydrogens is 282 g/mol. The van der Waals surface area contributed by atoms with Crippen molar-refractivity contribution in [3.8, 4) is 0 Å². The van der Waals surface area contributed by atoms with Crippen LogP contribution in [0.2, 0.25) is 5.02 Å². The number of benzene rings is 1. The third-order valence-corrected chi connectivity index (χ3v) is 5.39. The molecule has 1 unspecified atom stereocenters. The van der Waals surface area contributed by atoms with Gasteiger partial charge in [0.15, 0.2) is 0 Å². The first-order chi connectivity index (χ1) is 10.1. The molecule has 0 radical (unpaired) electrons. The zero-order valence-electron chi connectivity index (χ0n) is 12.9. The molecule has 2 aliphatic heterocycles. The number of nitrogens with zero attached hydrogens (tertiary/aromatic N) is 2. The Kier molecular flexibility index (Phi) is 4.85. The van der Waals surface area contributed by atoms with Gasteiger partial charge in [0.05, 0.1) is 0 Å². The van der Waals surface area contributed by atoms with Crippen LogP contribution in [0.15, 0.2) is 18.2 Å². The largest absolute Gasteiger partial charge is 0.328 e. The van der Waals surface area contributed by atoms with Gasteiger partial charge in [-0.05, 0) is 56.5 Å². The normalized spacial score (nSPS) is 25.6. The molecule has 1 atom stereocenters. The number of halogens is 1. The van der Waals surface area contributed by atoms with Gasteiger partial charge in [0, 0.05) is 36.7 Å². The quantitative estimate of drug-likeness (QED) is 0.932. The minimum Gasteiger partial charge on any atom is -0.328 e. The Morgan fingerprint density at radius 2 is 1.95 bits per heavy atom. The molecule has 116 valence electrons. The molecule has 2 heterocycles. The van der Waals surface area contributed by atoms with Gasteiger partial charge < -0.3 is 5.73 Å². The summed E-state index contributed by atoms with van der Waals surface area (Å²) in [6.07, 6.45) is 3.60. The first kappa shape index (κ1) is 15.3. The SMILES string of the molecule is Cc1ccc(CN2CCC(N3CCC(N)CC3)C2)cc1Cl. The van der Waals surface area contributed by atoms with E-state index >= 15 is 0 Å². The van der Waals surface area contributed by atoms with Crippen LogP contribution in [0.5, 0.6) is 0 Å². The van der Waals surface area contributed by atoms with Gasteiger partial charge in [0.1, 0.15) is 0 Å². The second-order valence-corrected chi connectivity index (χ2v) is 7.04. The third-order valence-electron chi connectivity index (χ3n) is 4.98. The number of aryl methyl sites for hydroxylation is 1. The molecule has 4 heteroatoms. The van der Waals surface area contributed by atoms with Crippen molar-refractivity contribution in [2.24, 2.45) is 5.73 Å². The zero-order chi connectivity index (χ0) is 14.8. The molecule has 0 amide bonds. The van der Waals surface area contributed by atoms with E-state index in [2.05, 4.69) is 34.9 Å². The summed E-state index contributed by atoms with van der Waals surface area (Å²) < 4.78 is 0. The molecule has 2 saturated heterocycles. The maximum atomic E-state index is 6.22. The summed E-state index contributed by atoms with van der Waals surface area (Å²) in [4.78, 5) is 5.20. The summed E-state index contributed by atoms with van der Waals surface area (Å²) in [6.45, 7) is 7.80. The highest BCUT2D eigenvalue weighted by molar-refractivity contribution is 6.31. The first-order valence-corrected chi connectivity index (χ1v) is 8.46. The Hall–Kier alpha value is -0.610. The van der Waals surface area contributed by atoms with Gasteiger partial charge in [-0.15, -0.1) is 0 Å². The van der Waals surface area contributed by atoms with Crippen molar-refractivity contribution in [2.75, 3.05) is 26.2 Å². The molecule has 2 fully saturated rings. The molecular formula is C17H26ClN3. The van der Waals surface area contributed by atoms with E-state index < -0.39 is 0 Å². The fourth-order valence-corrected chi connectivity index (χ4v) is 3.73. The van der Waals surface area contributed by atoms with E-state index in [9.17, 15) is 0 Å². The van der Waals surface area contributed by atoms with E-state index in [-0.39, 0.29) is 0 Å². The Labute approximate surface area is 133 Å². The third kappa shape index (κ3) is 3.78. The monoisotopic (exact) mass is 307 g/mol. The molecule has 1 aromatic carbocycles. The highest BCUT2D eigenvalue weighted by atomic mass is 35.5. The lowest BCUT2D eigenvalue weighted by molar-refractivity contribution is 0.151. The van der Waals surface area contributed by atoms with Gasteiger partial charge in [-0.3, -0.25) is 9.80 Å². The zero-order valence-corrected chi connectivity index (χ0v) is 13.6. The topological polar surface area (TPSA) is 32.5 Å². The molecule has 2 aliphatic rings. The van der Waals surface area contributed by atoms with Crippen LogP contribution in [0.1, 0.15) is 30.4 Å². The number of likely N-dealkylation sites (tertiary alicyclic amines) is 2. The molecule has 0 aliphatic carbocycles. The molecule has 3 nitrogen and oxygen atoms in total. The molecule has 2 N–H and O–H groups in total. The van der Waals surface area contributed by atoms with Crippen LogP contribution >= 0.6 is 11.6 Å². The van der Waals surface area contributed by atoms with Gasteiger partial charge in [0.25, 0.3) is 0 Å². The van der Waals surface area contributed by atoms with E-state index in [0.717, 1.165) is 36.0 Å². The fourth-order valence-electron chi connectivity index (χ4n) is 3.53. The van der Waals surface area contributed by atoms with Gasteiger partial charge in [-0.1, -0.05) is 23.7 Å². The molecule has 0 saturated carbocycles. The van der Waals surface area contributed by atoms with Crippen molar-refractivity contribution in [2.45, 2.75) is 44.8 Å². The molecule has 1 aromatic rings. The van der Waals surface area contributed by atoms with Crippen LogP contribution in [-0.2, 0) is 6.54 Å². The van der Waals surface area contributed by atoms with E-state index in [0.29, 0.717) is 6.04 Å². The minimum atomic E-state index is 0.424. The average molecular weight is 308 g/mol. The maximum Gasteiger partial charge on any atom is 0.0438 e. The summed E-state index contributed by atoms with van der Waals surface area (Å²) in [5, 5.41) is 0.883. The van der Waals surface area contributed by atoms with E-state index in [1.807, 2.05) is 0 Å². The summed E-state index contributed by atoms with van der Waals surface area (Å²) in [5.74, 6) is 0. The van der Waals surface area contributed by atoms with Gasteiger partial charge in [0.2, 0.25) is 0 Å². The van der Waals surface area contributed by atoms with Crippen LogP contribution in [0.25, 0.3) is 0 Å². The molecule has 0 spiro atoms. The smallest absolute Gasteiger partial charge is 0.0438 e. The first-order valence-electron chi connectivity index (χ1n) is 8.09. The lowest BCUT2D eigenvalue weighted by Gasteiger charge is -2.34. The predicted molar refractivity (Wildman–Crippen MR) is 88.7 cm³/mol. The van der Waals surface area contributed by atoms with Crippen LogP contribution in [0.3, 0.4) is 0 Å². The van der Waals surface area contributed by atoms with Crippen molar-refractivity contribution in [1.82, 2.24) is 9.80 Å². The summed E-state index contributed by atoms with van der Waals surface area (Å²) in [6, 6.07) is 7.59. The van der Waals surface area contributed by atoms with Crippen LogP contribution in [0, 0.1) is 6.92 Å². The van der Waals surface area contributed by atoms with E-state index in [1.54, 1.807) is 0 Å². The Bertz CT molecular complexity index is 483. The highest BCUT2D eigenvalue weighted by Crippen LogP contribution is 2.23. The van der Waals surface area contributed by atoms with E-state index in [1.165, 1.54) is 38.2 Å². The van der Waals surface area contributed by atoms with Crippen molar-refractivity contribution in [1.29, 1.82) is 0 Å². The average Bonchev–Trinajstić information content (AvgIpc) is 2.92. The second-order valence-electron chi connectivity index (χ2n) is 6.63. The number of piperidine rings is 1. The fraction of sp³-hybridized carbons (Fsp3) is 0.647. The van der Waals surface area contributed by atoms with Gasteiger partial charge in [-0.25, -0.2) is 0 Å².